The second-order valence-electron chi connectivity index (χ2n) is 10.9. The largest absolute Gasteiger partial charge is 0.352 e. The highest BCUT2D eigenvalue weighted by atomic mass is 79.9. The fraction of sp³-hybridized carbons (Fsp3) is 0.375. The SMILES string of the molecule is Cc1cc(N(CC(=O)N(Cc2ccccc2Cl)C(Cc2ccccc2)C(=O)NC2CCCCC2)S(C)(=O)=O)ccc1Br. The fourth-order valence-corrected chi connectivity index (χ4v) is 6.59. The molecule has 0 heterocycles. The van der Waals surface area contributed by atoms with Gasteiger partial charge in [0.05, 0.1) is 11.9 Å². The third-order valence-corrected chi connectivity index (χ3v) is 10.0. The van der Waals surface area contributed by atoms with Gasteiger partial charge in [0.15, 0.2) is 0 Å². The molecule has 7 nitrogen and oxygen atoms in total. The summed E-state index contributed by atoms with van der Waals surface area (Å²) >= 11 is 9.98. The van der Waals surface area contributed by atoms with Gasteiger partial charge in [0.2, 0.25) is 21.8 Å². The number of halogens is 2. The molecule has 0 radical (unpaired) electrons. The molecular weight excluding hydrogens is 638 g/mol. The predicted molar refractivity (Wildman–Crippen MR) is 172 cm³/mol. The number of nitrogens with one attached hydrogen (secondary N) is 1. The Kier molecular flexibility index (Phi) is 11.1. The van der Waals surface area contributed by atoms with Gasteiger partial charge < -0.3 is 10.2 Å². The molecule has 10 heteroatoms. The lowest BCUT2D eigenvalue weighted by molar-refractivity contribution is -0.140. The van der Waals surface area contributed by atoms with Gasteiger partial charge in [-0.05, 0) is 60.7 Å². The van der Waals surface area contributed by atoms with Crippen LogP contribution >= 0.6 is 27.5 Å². The van der Waals surface area contributed by atoms with Crippen LogP contribution < -0.4 is 9.62 Å². The van der Waals surface area contributed by atoms with E-state index in [0.717, 1.165) is 58.3 Å². The van der Waals surface area contributed by atoms with E-state index in [9.17, 15) is 18.0 Å². The molecule has 2 amide bonds. The van der Waals surface area contributed by atoms with Crippen molar-refractivity contribution in [1.29, 1.82) is 0 Å². The molecule has 1 fully saturated rings. The average molecular weight is 675 g/mol. The van der Waals surface area contributed by atoms with Crippen molar-refractivity contribution in [2.24, 2.45) is 0 Å². The zero-order chi connectivity index (χ0) is 30.3. The molecule has 0 aromatic heterocycles. The topological polar surface area (TPSA) is 86.8 Å². The summed E-state index contributed by atoms with van der Waals surface area (Å²) in [6, 6.07) is 21.0. The number of amides is 2. The molecule has 0 bridgehead atoms. The molecular formula is C32H37BrClN3O4S. The second-order valence-corrected chi connectivity index (χ2v) is 14.0. The molecule has 1 saturated carbocycles. The first-order valence-corrected chi connectivity index (χ1v) is 17.2. The number of rotatable bonds is 11. The highest BCUT2D eigenvalue weighted by Crippen LogP contribution is 2.26. The van der Waals surface area contributed by atoms with E-state index in [1.807, 2.05) is 49.4 Å². The molecule has 4 rings (SSSR count). The van der Waals surface area contributed by atoms with Crippen molar-refractivity contribution in [1.82, 2.24) is 10.2 Å². The molecule has 3 aromatic rings. The quantitative estimate of drug-likeness (QED) is 0.260. The van der Waals surface area contributed by atoms with Gasteiger partial charge in [-0.3, -0.25) is 13.9 Å². The number of hydrogen-bond acceptors (Lipinski definition) is 4. The van der Waals surface area contributed by atoms with Crippen molar-refractivity contribution >= 4 is 55.1 Å². The van der Waals surface area contributed by atoms with E-state index in [1.165, 1.54) is 4.90 Å². The average Bonchev–Trinajstić information content (AvgIpc) is 2.96. The minimum Gasteiger partial charge on any atom is -0.352 e. The van der Waals surface area contributed by atoms with Crippen molar-refractivity contribution < 1.29 is 18.0 Å². The van der Waals surface area contributed by atoms with Crippen LogP contribution in [0.15, 0.2) is 77.3 Å². The molecule has 1 unspecified atom stereocenters. The molecule has 3 aromatic carbocycles. The Bertz CT molecular complexity index is 1500. The number of hydrogen-bond donors (Lipinski definition) is 1. The van der Waals surface area contributed by atoms with E-state index in [-0.39, 0.29) is 24.9 Å². The maximum Gasteiger partial charge on any atom is 0.244 e. The molecule has 224 valence electrons. The highest BCUT2D eigenvalue weighted by Gasteiger charge is 2.34. The van der Waals surface area contributed by atoms with Crippen LogP contribution in [0.2, 0.25) is 5.02 Å². The van der Waals surface area contributed by atoms with Crippen molar-refractivity contribution in [2.75, 3.05) is 17.1 Å². The van der Waals surface area contributed by atoms with Gasteiger partial charge in [0.1, 0.15) is 12.6 Å². The van der Waals surface area contributed by atoms with Gasteiger partial charge in [-0.2, -0.15) is 0 Å². The number of aryl methyl sites for hydroxylation is 1. The number of nitrogens with zero attached hydrogens (tertiary/aromatic N) is 2. The van der Waals surface area contributed by atoms with Crippen LogP contribution in [0.5, 0.6) is 0 Å². The molecule has 1 aliphatic carbocycles. The van der Waals surface area contributed by atoms with E-state index < -0.39 is 28.5 Å². The number of benzene rings is 3. The third kappa shape index (κ3) is 8.58. The Morgan fingerprint density at radius 1 is 1.00 bits per heavy atom. The lowest BCUT2D eigenvalue weighted by Crippen LogP contribution is -2.55. The van der Waals surface area contributed by atoms with Crippen LogP contribution in [0.4, 0.5) is 5.69 Å². The van der Waals surface area contributed by atoms with Gasteiger partial charge >= 0.3 is 0 Å². The Morgan fingerprint density at radius 2 is 1.67 bits per heavy atom. The van der Waals surface area contributed by atoms with Crippen molar-refractivity contribution in [3.05, 3.63) is 99.0 Å². The van der Waals surface area contributed by atoms with Gasteiger partial charge in [0.25, 0.3) is 0 Å². The van der Waals surface area contributed by atoms with Crippen LogP contribution in [0.3, 0.4) is 0 Å². The third-order valence-electron chi connectivity index (χ3n) is 7.63. The number of carbonyl (C=O) groups excluding carboxylic acids is 2. The maximum atomic E-state index is 14.3. The van der Waals surface area contributed by atoms with Crippen molar-refractivity contribution in [3.8, 4) is 0 Å². The van der Waals surface area contributed by atoms with E-state index in [1.54, 1.807) is 30.3 Å². The molecule has 1 aliphatic rings. The Balaban J connectivity index is 1.74. The van der Waals surface area contributed by atoms with E-state index in [4.69, 9.17) is 11.6 Å². The van der Waals surface area contributed by atoms with Crippen LogP contribution in [-0.4, -0.2) is 50.0 Å². The highest BCUT2D eigenvalue weighted by molar-refractivity contribution is 9.10. The summed E-state index contributed by atoms with van der Waals surface area (Å²) in [4.78, 5) is 29.7. The number of carbonyl (C=O) groups is 2. The molecule has 0 aliphatic heterocycles. The molecule has 0 spiro atoms. The minimum atomic E-state index is -3.84. The summed E-state index contributed by atoms with van der Waals surface area (Å²) in [6.45, 7) is 1.43. The Labute approximate surface area is 262 Å². The van der Waals surface area contributed by atoms with Crippen LogP contribution in [0.1, 0.15) is 48.8 Å². The first kappa shape index (κ1) is 32.0. The fourth-order valence-electron chi connectivity index (χ4n) is 5.31. The van der Waals surface area contributed by atoms with E-state index in [2.05, 4.69) is 21.2 Å². The Morgan fingerprint density at radius 3 is 2.31 bits per heavy atom. The van der Waals surface area contributed by atoms with Gasteiger partial charge in [-0.25, -0.2) is 8.42 Å². The smallest absolute Gasteiger partial charge is 0.244 e. The predicted octanol–water partition coefficient (Wildman–Crippen LogP) is 6.27. The zero-order valence-electron chi connectivity index (χ0n) is 23.9. The lowest BCUT2D eigenvalue weighted by atomic mass is 9.94. The summed E-state index contributed by atoms with van der Waals surface area (Å²) in [7, 11) is -3.84. The lowest BCUT2D eigenvalue weighted by Gasteiger charge is -2.35. The Hall–Kier alpha value is -2.88. The molecule has 0 saturated heterocycles. The minimum absolute atomic E-state index is 0.0417. The van der Waals surface area contributed by atoms with Gasteiger partial charge in [0, 0.05) is 28.5 Å². The normalized spacial score (nSPS) is 14.7. The molecule has 1 N–H and O–H groups in total. The zero-order valence-corrected chi connectivity index (χ0v) is 27.1. The van der Waals surface area contributed by atoms with Crippen LogP contribution in [-0.2, 0) is 32.6 Å². The maximum absolute atomic E-state index is 14.3. The monoisotopic (exact) mass is 673 g/mol. The van der Waals surface area contributed by atoms with Gasteiger partial charge in [-0.15, -0.1) is 0 Å². The van der Waals surface area contributed by atoms with Crippen LogP contribution in [0.25, 0.3) is 0 Å². The standard InChI is InChI=1S/C32H37BrClN3O4S/c1-23-19-27(17-18-28(23)33)37(42(2,40)41)22-31(38)36(21-25-13-9-10-16-29(25)34)30(20-24-11-5-3-6-12-24)32(39)35-26-14-7-4-8-15-26/h3,5-6,9-13,16-19,26,30H,4,7-8,14-15,20-22H2,1-2H3,(H,35,39). The summed E-state index contributed by atoms with van der Waals surface area (Å²) < 4.78 is 27.9. The van der Waals surface area contributed by atoms with E-state index in [0.29, 0.717) is 16.3 Å². The molecule has 1 atom stereocenters. The summed E-state index contributed by atoms with van der Waals surface area (Å²) in [5.74, 6) is -0.753. The summed E-state index contributed by atoms with van der Waals surface area (Å²) in [5, 5.41) is 3.66. The summed E-state index contributed by atoms with van der Waals surface area (Å²) in [6.07, 6.45) is 6.38. The number of sulfonamides is 1. The van der Waals surface area contributed by atoms with Crippen LogP contribution in [0, 0.1) is 6.92 Å². The molecule has 42 heavy (non-hydrogen) atoms. The summed E-state index contributed by atoms with van der Waals surface area (Å²) in [5.41, 5.74) is 2.76. The first-order chi connectivity index (χ1) is 20.0. The van der Waals surface area contributed by atoms with Crippen molar-refractivity contribution in [3.63, 3.8) is 0 Å². The number of anilines is 1. The van der Waals surface area contributed by atoms with E-state index >= 15 is 0 Å². The van der Waals surface area contributed by atoms with Crippen molar-refractivity contribution in [2.45, 2.75) is 64.1 Å². The van der Waals surface area contributed by atoms with Gasteiger partial charge in [-0.1, -0.05) is 95.3 Å². The first-order valence-electron chi connectivity index (χ1n) is 14.1. The second kappa shape index (κ2) is 14.5.